The minimum atomic E-state index is -0.751. The predicted octanol–water partition coefficient (Wildman–Crippen LogP) is 1.86. The van der Waals surface area contributed by atoms with E-state index in [0.29, 0.717) is 5.82 Å². The summed E-state index contributed by atoms with van der Waals surface area (Å²) in [6.07, 6.45) is 0.982. The molecule has 0 aliphatic heterocycles. The summed E-state index contributed by atoms with van der Waals surface area (Å²) in [5, 5.41) is 10.8. The number of aryl methyl sites for hydroxylation is 1. The fourth-order valence-corrected chi connectivity index (χ4v) is 2.37. The monoisotopic (exact) mass is 256 g/mol. The van der Waals surface area contributed by atoms with Gasteiger partial charge in [0, 0.05) is 28.7 Å². The van der Waals surface area contributed by atoms with Gasteiger partial charge in [0.2, 0.25) is 0 Å². The number of nitrogens with zero attached hydrogens (tertiary/aromatic N) is 1. The number of rotatable bonds is 3. The van der Waals surface area contributed by atoms with Gasteiger partial charge in [-0.2, -0.15) is 0 Å². The number of hydrogen-bond donors (Lipinski definition) is 4. The first-order valence-corrected chi connectivity index (χ1v) is 6.21. The van der Waals surface area contributed by atoms with E-state index in [0.717, 1.165) is 27.9 Å². The summed E-state index contributed by atoms with van der Waals surface area (Å²) in [5.41, 5.74) is 9.56. The third kappa shape index (κ3) is 1.93. The lowest BCUT2D eigenvalue weighted by atomic mass is 10.1. The number of aromatic nitrogens is 3. The van der Waals surface area contributed by atoms with E-state index in [1.54, 1.807) is 6.20 Å². The van der Waals surface area contributed by atoms with Crippen molar-refractivity contribution in [1.82, 2.24) is 15.0 Å². The second-order valence-electron chi connectivity index (χ2n) is 4.60. The lowest BCUT2D eigenvalue weighted by molar-refractivity contribution is 0.177. The topological polar surface area (TPSA) is 90.7 Å². The highest BCUT2D eigenvalue weighted by molar-refractivity contribution is 5.96. The van der Waals surface area contributed by atoms with Crippen LogP contribution < -0.4 is 5.73 Å². The van der Waals surface area contributed by atoms with Gasteiger partial charge >= 0.3 is 0 Å². The summed E-state index contributed by atoms with van der Waals surface area (Å²) >= 11 is 0. The molecular formula is C14H16N4O. The number of imidazole rings is 1. The van der Waals surface area contributed by atoms with E-state index in [2.05, 4.69) is 21.0 Å². The zero-order valence-electron chi connectivity index (χ0n) is 10.6. The van der Waals surface area contributed by atoms with E-state index in [1.807, 2.05) is 25.1 Å². The first kappa shape index (κ1) is 12.0. The molecule has 1 atom stereocenters. The van der Waals surface area contributed by atoms with Gasteiger partial charge in [0.1, 0.15) is 11.9 Å². The number of para-hydroxylation sites is 1. The Bertz CT molecular complexity index is 713. The number of nitrogens with one attached hydrogen (secondary N) is 2. The number of hydrogen-bond acceptors (Lipinski definition) is 3. The Morgan fingerprint density at radius 3 is 2.89 bits per heavy atom. The van der Waals surface area contributed by atoms with E-state index in [9.17, 15) is 5.11 Å². The molecule has 0 spiro atoms. The number of fused-ring (bicyclic) bond motifs is 1. The van der Waals surface area contributed by atoms with Gasteiger partial charge in [-0.1, -0.05) is 18.2 Å². The summed E-state index contributed by atoms with van der Waals surface area (Å²) in [6.45, 7) is 2.18. The third-order valence-corrected chi connectivity index (χ3v) is 3.30. The standard InChI is InChI=1S/C14H16N4O/c1-8-13(9-4-2-3-5-10(9)17-8)11-7-16-14(18-11)12(19)6-15/h2-5,7,12,17,19H,6,15H2,1H3,(H,16,18). The molecule has 3 rings (SSSR count). The van der Waals surface area contributed by atoms with Crippen LogP contribution in [0.25, 0.3) is 22.2 Å². The number of aromatic amines is 2. The van der Waals surface area contributed by atoms with Crippen molar-refractivity contribution in [2.75, 3.05) is 6.54 Å². The van der Waals surface area contributed by atoms with Crippen molar-refractivity contribution in [2.45, 2.75) is 13.0 Å². The molecule has 3 aromatic rings. The van der Waals surface area contributed by atoms with Crippen LogP contribution in [0, 0.1) is 6.92 Å². The lowest BCUT2D eigenvalue weighted by Gasteiger charge is -2.02. The van der Waals surface area contributed by atoms with Crippen LogP contribution in [0.4, 0.5) is 0 Å². The summed E-state index contributed by atoms with van der Waals surface area (Å²) in [4.78, 5) is 10.7. The molecule has 1 unspecified atom stereocenters. The van der Waals surface area contributed by atoms with Crippen LogP contribution >= 0.6 is 0 Å². The average molecular weight is 256 g/mol. The zero-order valence-corrected chi connectivity index (χ0v) is 10.6. The second kappa shape index (κ2) is 4.53. The Morgan fingerprint density at radius 1 is 1.32 bits per heavy atom. The minimum Gasteiger partial charge on any atom is -0.384 e. The van der Waals surface area contributed by atoms with Gasteiger partial charge in [-0.25, -0.2) is 4.98 Å². The first-order valence-electron chi connectivity index (χ1n) is 6.21. The molecule has 1 aromatic carbocycles. The average Bonchev–Trinajstić information content (AvgIpc) is 3.00. The predicted molar refractivity (Wildman–Crippen MR) is 74.6 cm³/mol. The summed E-state index contributed by atoms with van der Waals surface area (Å²) < 4.78 is 0. The molecule has 0 radical (unpaired) electrons. The van der Waals surface area contributed by atoms with Crippen LogP contribution in [0.3, 0.4) is 0 Å². The molecule has 0 bridgehead atoms. The SMILES string of the molecule is Cc1[nH]c2ccccc2c1-c1cnc(C(O)CN)[nH]1. The van der Waals surface area contributed by atoms with Crippen molar-refractivity contribution in [3.63, 3.8) is 0 Å². The van der Waals surface area contributed by atoms with E-state index < -0.39 is 6.10 Å². The number of benzene rings is 1. The Balaban J connectivity index is 2.14. The zero-order chi connectivity index (χ0) is 13.4. The van der Waals surface area contributed by atoms with Crippen LogP contribution in [0.15, 0.2) is 30.5 Å². The van der Waals surface area contributed by atoms with Crippen LogP contribution in [0.5, 0.6) is 0 Å². The number of H-pyrrole nitrogens is 2. The van der Waals surface area contributed by atoms with E-state index in [1.165, 1.54) is 0 Å². The quantitative estimate of drug-likeness (QED) is 0.576. The molecule has 19 heavy (non-hydrogen) atoms. The Hall–Kier alpha value is -2.11. The molecule has 5 heteroatoms. The van der Waals surface area contributed by atoms with Crippen molar-refractivity contribution in [1.29, 1.82) is 0 Å². The normalized spacial score (nSPS) is 13.0. The van der Waals surface area contributed by atoms with Gasteiger partial charge in [-0.15, -0.1) is 0 Å². The maximum Gasteiger partial charge on any atom is 0.136 e. The highest BCUT2D eigenvalue weighted by Crippen LogP contribution is 2.31. The molecule has 0 saturated carbocycles. The molecule has 0 fully saturated rings. The van der Waals surface area contributed by atoms with Gasteiger partial charge in [0.05, 0.1) is 11.9 Å². The van der Waals surface area contributed by atoms with E-state index >= 15 is 0 Å². The van der Waals surface area contributed by atoms with Gasteiger partial charge in [0.25, 0.3) is 0 Å². The summed E-state index contributed by atoms with van der Waals surface area (Å²) in [6, 6.07) is 8.11. The Kier molecular flexibility index (Phi) is 2.85. The van der Waals surface area contributed by atoms with E-state index in [-0.39, 0.29) is 6.54 Å². The number of aliphatic hydroxyl groups excluding tert-OH is 1. The van der Waals surface area contributed by atoms with E-state index in [4.69, 9.17) is 5.73 Å². The fraction of sp³-hybridized carbons (Fsp3) is 0.214. The number of aliphatic hydroxyl groups is 1. The maximum absolute atomic E-state index is 9.70. The Morgan fingerprint density at radius 2 is 2.11 bits per heavy atom. The van der Waals surface area contributed by atoms with Gasteiger partial charge in [-0.05, 0) is 13.0 Å². The van der Waals surface area contributed by atoms with Gasteiger partial charge in [-0.3, -0.25) is 0 Å². The molecule has 2 aromatic heterocycles. The highest BCUT2D eigenvalue weighted by atomic mass is 16.3. The second-order valence-corrected chi connectivity index (χ2v) is 4.60. The molecule has 0 aliphatic rings. The largest absolute Gasteiger partial charge is 0.384 e. The third-order valence-electron chi connectivity index (χ3n) is 3.30. The maximum atomic E-state index is 9.70. The smallest absolute Gasteiger partial charge is 0.136 e. The van der Waals surface area contributed by atoms with Crippen molar-refractivity contribution >= 4 is 10.9 Å². The molecule has 0 amide bonds. The van der Waals surface area contributed by atoms with Crippen LogP contribution in [-0.2, 0) is 0 Å². The Labute approximate surface area is 110 Å². The first-order chi connectivity index (χ1) is 9.20. The van der Waals surface area contributed by atoms with Crippen LogP contribution in [-0.4, -0.2) is 26.6 Å². The summed E-state index contributed by atoms with van der Waals surface area (Å²) in [5.74, 6) is 0.502. The molecule has 98 valence electrons. The molecule has 2 heterocycles. The fourth-order valence-electron chi connectivity index (χ4n) is 2.37. The lowest BCUT2D eigenvalue weighted by Crippen LogP contribution is -2.12. The van der Waals surface area contributed by atoms with Gasteiger partial charge in [0.15, 0.2) is 0 Å². The molecular weight excluding hydrogens is 240 g/mol. The molecule has 5 N–H and O–H groups in total. The number of nitrogens with two attached hydrogens (primary N) is 1. The molecule has 5 nitrogen and oxygen atoms in total. The molecule has 0 aliphatic carbocycles. The van der Waals surface area contributed by atoms with Crippen LogP contribution in [0.1, 0.15) is 17.6 Å². The summed E-state index contributed by atoms with van der Waals surface area (Å²) in [7, 11) is 0. The van der Waals surface area contributed by atoms with Gasteiger partial charge < -0.3 is 20.8 Å². The molecule has 0 saturated heterocycles. The van der Waals surface area contributed by atoms with Crippen molar-refractivity contribution in [3.8, 4) is 11.3 Å². The van der Waals surface area contributed by atoms with Crippen molar-refractivity contribution in [2.24, 2.45) is 5.73 Å². The minimum absolute atomic E-state index is 0.153. The highest BCUT2D eigenvalue weighted by Gasteiger charge is 2.15. The van der Waals surface area contributed by atoms with Crippen molar-refractivity contribution in [3.05, 3.63) is 42.0 Å². The van der Waals surface area contributed by atoms with Crippen LogP contribution in [0.2, 0.25) is 0 Å². The van der Waals surface area contributed by atoms with Crippen molar-refractivity contribution < 1.29 is 5.11 Å².